The number of nitrogens with zero attached hydrogens (tertiary/aromatic N) is 1. The van der Waals surface area contributed by atoms with Gasteiger partial charge in [-0.1, -0.05) is 42.5 Å². The highest BCUT2D eigenvalue weighted by Crippen LogP contribution is 2.22. The van der Waals surface area contributed by atoms with Gasteiger partial charge in [0.1, 0.15) is 5.92 Å². The molecule has 0 saturated carbocycles. The highest BCUT2D eigenvalue weighted by Gasteiger charge is 2.34. The van der Waals surface area contributed by atoms with Gasteiger partial charge < -0.3 is 15.4 Å². The molecule has 1 saturated heterocycles. The van der Waals surface area contributed by atoms with Crippen molar-refractivity contribution in [2.24, 2.45) is 5.73 Å². The van der Waals surface area contributed by atoms with Crippen LogP contribution in [0.15, 0.2) is 30.3 Å². The molecule has 0 aromatic heterocycles. The molecule has 1 heterocycles. The normalized spacial score (nSPS) is 24.2. The Morgan fingerprint density at radius 1 is 1.40 bits per heavy atom. The van der Waals surface area contributed by atoms with Crippen LogP contribution in [0.4, 0.5) is 0 Å². The first-order valence-electron chi connectivity index (χ1n) is 6.77. The Labute approximate surface area is 124 Å². The Balaban J connectivity index is 2.25. The van der Waals surface area contributed by atoms with Crippen molar-refractivity contribution in [1.82, 2.24) is 4.90 Å². The van der Waals surface area contributed by atoms with Crippen LogP contribution in [0, 0.1) is 0 Å². The third-order valence-electron chi connectivity index (χ3n) is 3.56. The van der Waals surface area contributed by atoms with E-state index in [0.29, 0.717) is 13.2 Å². The van der Waals surface area contributed by atoms with E-state index in [4.69, 9.17) is 22.7 Å². The van der Waals surface area contributed by atoms with Gasteiger partial charge in [0.25, 0.3) is 0 Å². The summed E-state index contributed by atoms with van der Waals surface area (Å²) in [5, 5.41) is 0. The smallest absolute Gasteiger partial charge is 0.237 e. The highest BCUT2D eigenvalue weighted by atomic mass is 32.1. The average molecular weight is 292 g/mol. The predicted molar refractivity (Wildman–Crippen MR) is 82.6 cm³/mol. The molecule has 0 spiro atoms. The fraction of sp³-hybridized carbons (Fsp3) is 0.467. The number of nitrogens with two attached hydrogens (primary N) is 1. The molecule has 1 amide bonds. The van der Waals surface area contributed by atoms with Gasteiger partial charge in [-0.3, -0.25) is 4.79 Å². The number of hydrogen-bond donors (Lipinski definition) is 1. The maximum Gasteiger partial charge on any atom is 0.237 e. The molecule has 2 rings (SSSR count). The minimum Gasteiger partial charge on any atom is -0.392 e. The van der Waals surface area contributed by atoms with E-state index in [2.05, 4.69) is 0 Å². The van der Waals surface area contributed by atoms with E-state index in [1.54, 1.807) is 0 Å². The fourth-order valence-corrected chi connectivity index (χ4v) is 2.69. The minimum atomic E-state index is -0.557. The first-order chi connectivity index (χ1) is 9.50. The van der Waals surface area contributed by atoms with Crippen molar-refractivity contribution in [1.29, 1.82) is 0 Å². The van der Waals surface area contributed by atoms with Crippen molar-refractivity contribution >= 4 is 23.1 Å². The maximum absolute atomic E-state index is 12.8. The van der Waals surface area contributed by atoms with Crippen LogP contribution in [0.3, 0.4) is 0 Å². The zero-order valence-corrected chi connectivity index (χ0v) is 12.6. The summed E-state index contributed by atoms with van der Waals surface area (Å²) in [7, 11) is 0. The fourth-order valence-electron chi connectivity index (χ4n) is 2.45. The second-order valence-corrected chi connectivity index (χ2v) is 5.70. The first-order valence-corrected chi connectivity index (χ1v) is 7.18. The SMILES string of the molecule is CC1CN(C(=O)C(C(N)=S)c2ccccc2)C(C)CO1. The summed E-state index contributed by atoms with van der Waals surface area (Å²) in [5.41, 5.74) is 6.65. The van der Waals surface area contributed by atoms with E-state index in [9.17, 15) is 4.79 Å². The Morgan fingerprint density at radius 2 is 2.05 bits per heavy atom. The van der Waals surface area contributed by atoms with Crippen LogP contribution in [-0.4, -0.2) is 41.1 Å². The van der Waals surface area contributed by atoms with E-state index in [0.717, 1.165) is 5.56 Å². The Bertz CT molecular complexity index is 492. The number of benzene rings is 1. The predicted octanol–water partition coefficient (Wildman–Crippen LogP) is 1.69. The van der Waals surface area contributed by atoms with Crippen LogP contribution in [0.2, 0.25) is 0 Å². The van der Waals surface area contributed by atoms with Gasteiger partial charge in [-0.15, -0.1) is 0 Å². The molecule has 1 aliphatic rings. The van der Waals surface area contributed by atoms with Crippen LogP contribution in [0.1, 0.15) is 25.3 Å². The lowest BCUT2D eigenvalue weighted by atomic mass is 9.96. The van der Waals surface area contributed by atoms with E-state index < -0.39 is 5.92 Å². The summed E-state index contributed by atoms with van der Waals surface area (Å²) in [6.07, 6.45) is 0.0397. The highest BCUT2D eigenvalue weighted by molar-refractivity contribution is 7.80. The molecule has 4 nitrogen and oxygen atoms in total. The van der Waals surface area contributed by atoms with E-state index in [1.165, 1.54) is 0 Å². The molecule has 108 valence electrons. The molecule has 20 heavy (non-hydrogen) atoms. The van der Waals surface area contributed by atoms with Gasteiger partial charge in [-0.2, -0.15) is 0 Å². The molecule has 0 radical (unpaired) electrons. The van der Waals surface area contributed by atoms with Crippen LogP contribution in [0.25, 0.3) is 0 Å². The van der Waals surface area contributed by atoms with Gasteiger partial charge in [0.15, 0.2) is 0 Å². The molecule has 1 aromatic rings. The number of amides is 1. The molecule has 5 heteroatoms. The number of carbonyl (C=O) groups excluding carboxylic acids is 1. The summed E-state index contributed by atoms with van der Waals surface area (Å²) >= 11 is 5.11. The van der Waals surface area contributed by atoms with Crippen LogP contribution < -0.4 is 5.73 Å². The standard InChI is InChI=1S/C15H20N2O2S/c1-10-9-19-11(2)8-17(10)15(18)13(14(16)20)12-6-4-3-5-7-12/h3-7,10-11,13H,8-9H2,1-2H3,(H2,16,20). The van der Waals surface area contributed by atoms with Crippen LogP contribution in [0.5, 0.6) is 0 Å². The van der Waals surface area contributed by atoms with Crippen molar-refractivity contribution in [3.8, 4) is 0 Å². The minimum absolute atomic E-state index is 0.0358. The molecule has 1 aromatic carbocycles. The van der Waals surface area contributed by atoms with Crippen molar-refractivity contribution in [2.75, 3.05) is 13.2 Å². The average Bonchev–Trinajstić information content (AvgIpc) is 2.42. The van der Waals surface area contributed by atoms with Crippen molar-refractivity contribution < 1.29 is 9.53 Å². The van der Waals surface area contributed by atoms with Crippen LogP contribution in [-0.2, 0) is 9.53 Å². The Hall–Kier alpha value is -1.46. The summed E-state index contributed by atoms with van der Waals surface area (Å²) in [5.74, 6) is -0.592. The first kappa shape index (κ1) is 14.9. The molecule has 3 atom stereocenters. The molecule has 3 unspecified atom stereocenters. The number of carbonyl (C=O) groups is 1. The summed E-state index contributed by atoms with van der Waals surface area (Å²) in [6.45, 7) is 5.06. The molecule has 1 fully saturated rings. The Morgan fingerprint density at radius 3 is 2.65 bits per heavy atom. The maximum atomic E-state index is 12.8. The third kappa shape index (κ3) is 3.16. The number of rotatable bonds is 3. The van der Waals surface area contributed by atoms with E-state index in [-0.39, 0.29) is 23.0 Å². The summed E-state index contributed by atoms with van der Waals surface area (Å²) < 4.78 is 5.56. The van der Waals surface area contributed by atoms with Gasteiger partial charge in [0.2, 0.25) is 5.91 Å². The topological polar surface area (TPSA) is 55.6 Å². The zero-order chi connectivity index (χ0) is 14.7. The lowest BCUT2D eigenvalue weighted by Gasteiger charge is -2.38. The lowest BCUT2D eigenvalue weighted by molar-refractivity contribution is -0.143. The molecular weight excluding hydrogens is 272 g/mol. The van der Waals surface area contributed by atoms with Gasteiger partial charge >= 0.3 is 0 Å². The van der Waals surface area contributed by atoms with Gasteiger partial charge in [0, 0.05) is 6.54 Å². The number of morpholine rings is 1. The number of thiocarbonyl (C=S) groups is 1. The molecular formula is C15H20N2O2S. The molecule has 0 aliphatic carbocycles. The number of ether oxygens (including phenoxy) is 1. The largest absolute Gasteiger partial charge is 0.392 e. The van der Waals surface area contributed by atoms with Crippen molar-refractivity contribution in [3.63, 3.8) is 0 Å². The second-order valence-electron chi connectivity index (χ2n) is 5.23. The van der Waals surface area contributed by atoms with Crippen LogP contribution >= 0.6 is 12.2 Å². The zero-order valence-electron chi connectivity index (χ0n) is 11.8. The quantitative estimate of drug-likeness (QED) is 0.862. The van der Waals surface area contributed by atoms with Crippen molar-refractivity contribution in [2.45, 2.75) is 31.9 Å². The van der Waals surface area contributed by atoms with E-state index in [1.807, 2.05) is 49.1 Å². The van der Waals surface area contributed by atoms with Gasteiger partial charge in [-0.05, 0) is 19.4 Å². The molecule has 1 aliphatic heterocycles. The number of hydrogen-bond acceptors (Lipinski definition) is 3. The molecule has 2 N–H and O–H groups in total. The Kier molecular flexibility index (Phi) is 4.73. The van der Waals surface area contributed by atoms with Gasteiger partial charge in [0.05, 0.1) is 23.7 Å². The third-order valence-corrected chi connectivity index (χ3v) is 3.79. The summed E-state index contributed by atoms with van der Waals surface area (Å²) in [4.78, 5) is 14.8. The van der Waals surface area contributed by atoms with Crippen molar-refractivity contribution in [3.05, 3.63) is 35.9 Å². The lowest BCUT2D eigenvalue weighted by Crippen LogP contribution is -2.53. The molecule has 0 bridgehead atoms. The second kappa shape index (κ2) is 6.33. The van der Waals surface area contributed by atoms with Gasteiger partial charge in [-0.25, -0.2) is 0 Å². The monoisotopic (exact) mass is 292 g/mol. The summed E-state index contributed by atoms with van der Waals surface area (Å²) in [6, 6.07) is 9.49. The van der Waals surface area contributed by atoms with E-state index >= 15 is 0 Å².